The average Bonchev–Trinajstić information content (AvgIpc) is 1.70. The lowest BCUT2D eigenvalue weighted by Gasteiger charge is -2.59. The van der Waals surface area contributed by atoms with Gasteiger partial charge in [0.2, 0.25) is 0 Å². The summed E-state index contributed by atoms with van der Waals surface area (Å²) in [6.45, 7) is 36.0. The van der Waals surface area contributed by atoms with E-state index in [1.54, 1.807) is 25.8 Å². The lowest BCUT2D eigenvalue weighted by atomic mass is 9.49. The Morgan fingerprint density at radius 2 is 0.780 bits per heavy atom. The largest absolute Gasteiger partial charge is 0.515 e. The first-order valence-corrected chi connectivity index (χ1v) is 40.4. The minimum absolute atomic E-state index is 0.00180. The summed E-state index contributed by atoms with van der Waals surface area (Å²) >= 11 is 3.72. The summed E-state index contributed by atoms with van der Waals surface area (Å²) in [4.78, 5) is 24.9. The number of aliphatic hydroxyl groups is 1. The number of nitrogens with zero attached hydrogens (tertiary/aromatic N) is 15. The number of hydrogen-bond donors (Lipinski definition) is 1. The zero-order chi connectivity index (χ0) is 78.9. The summed E-state index contributed by atoms with van der Waals surface area (Å²) in [6, 6.07) is 9.18. The first-order valence-electron chi connectivity index (χ1n) is 39.6. The van der Waals surface area contributed by atoms with Crippen molar-refractivity contribution >= 4 is 27.5 Å². The van der Waals surface area contributed by atoms with Crippen molar-refractivity contribution in [2.24, 2.45) is 86.5 Å². The molecule has 10 atom stereocenters. The van der Waals surface area contributed by atoms with Crippen LogP contribution in [0.2, 0.25) is 0 Å². The fourth-order valence-electron chi connectivity index (χ4n) is 25.3. The molecular weight excluding hydrogens is 1440 g/mol. The standard InChI is InChI=1S/C18H25N3O2.C17H25BrN2O2.C17H20N4O.C17H21N3O2.C16H21N3O/c1-16(2)14-6-5-12-13(11-19)21(4)20-15(12)17(14,3)7-8-18(16)22-9-10-23-18;1-15(2)12-6-5-11-13(19-20(4)14(11)18)16(12,3)7-8-17(15)21-9-10-22-17;1-16(2)13-6-5-11-12(8-18)21(4)20-14(11)17(13,3)7-10-9-19-22-15(10)16;1-16(2)13-6-5-11-12(8-18)20(4)19-14(11)17(13,3)7-10(9-21)15(16)22;1-15(2)12-6-5-10-11(9-17)19(4)18-14(10)16(12,3)8-7-13(15)20/h14H,5-10H2,1-4H3;12H,5-10H2,1-4H3;9,13H,5-7H2,1-4H3;9,13,21H,5-7H2,1-4H3;12H,5-8H2,1-4H3/b;;;10-9-;/t14-,17-;12-,16-;2*13-,17-;12-,16-/m00000/s1. The Kier molecular flexibility index (Phi) is 19.0. The second-order valence-corrected chi connectivity index (χ2v) is 38.6. The van der Waals surface area contributed by atoms with E-state index in [4.69, 9.17) is 38.8 Å². The number of aryl methyl sites for hydroxylation is 5. The van der Waals surface area contributed by atoms with E-state index >= 15 is 0 Å². The Hall–Kier alpha value is -7.58. The predicted molar refractivity (Wildman–Crippen MR) is 409 cm³/mol. The Morgan fingerprint density at radius 1 is 0.440 bits per heavy atom. The van der Waals surface area contributed by atoms with Crippen LogP contribution in [0.1, 0.15) is 271 Å². The zero-order valence-electron chi connectivity index (χ0n) is 68.0. The topological polar surface area (TPSA) is 302 Å². The highest BCUT2D eigenvalue weighted by Crippen LogP contribution is 2.66. The molecule has 10 aliphatic carbocycles. The van der Waals surface area contributed by atoms with E-state index in [9.17, 15) is 35.7 Å². The maximum Gasteiger partial charge on any atom is 0.173 e. The zero-order valence-corrected chi connectivity index (χ0v) is 69.6. The summed E-state index contributed by atoms with van der Waals surface area (Å²) in [5, 5.41) is 74.8. The number of Topliss-reactive ketones (excluding diaryl/α,β-unsaturated/α-hetero) is 2. The first-order chi connectivity index (χ1) is 51.2. The Bertz CT molecular complexity index is 4890. The van der Waals surface area contributed by atoms with Gasteiger partial charge >= 0.3 is 0 Å². The SMILES string of the molecule is Cn1nc2c(c1Br)CC[C@H]1C(C)(C)C3(CC[C@]21C)OCCO3.Cn1nc2c(c1C#N)CC[C@H]1C(C)(C)C(=O)/C(=C\O)C[C@]21C.Cn1nc2c(c1C#N)CC[C@H]1C(C)(C)C(=O)CC[C@]21C.Cn1nc2c(c1C#N)CC[C@H]1C(C)(C)C3(CC[C@]21C)OCCO3.Cn1nc2c(c1C#N)CC[C@H]1C(C)(C)c3oncc3C[C@]21C. The Balaban J connectivity index is 0.000000114. The monoisotopic (exact) mass is 1550 g/mol. The smallest absolute Gasteiger partial charge is 0.173 e. The van der Waals surface area contributed by atoms with Crippen molar-refractivity contribution in [3.05, 3.63) is 113 Å². The molecule has 0 bridgehead atoms. The number of carbonyl (C=O) groups excluding carboxylic acids is 2. The van der Waals surface area contributed by atoms with Gasteiger partial charge in [0.1, 0.15) is 63.2 Å². The van der Waals surface area contributed by atoms with Crippen LogP contribution >= 0.6 is 15.9 Å². The third kappa shape index (κ3) is 11.1. The van der Waals surface area contributed by atoms with Crippen LogP contribution in [0.4, 0.5) is 0 Å². The lowest BCUT2D eigenvalue weighted by Crippen LogP contribution is -2.61. The summed E-state index contributed by atoms with van der Waals surface area (Å²) in [7, 11) is 9.41. The van der Waals surface area contributed by atoms with Gasteiger partial charge in [0, 0.05) is 148 Å². The number of allylic oxidation sites excluding steroid dienone is 1. The molecule has 0 radical (unpaired) electrons. The number of hydrogen-bond acceptors (Lipinski definition) is 18. The van der Waals surface area contributed by atoms with Gasteiger partial charge in [0.15, 0.2) is 17.4 Å². The predicted octanol–water partition coefficient (Wildman–Crippen LogP) is 13.9. The number of aliphatic hydroxyl groups excluding tert-OH is 1. The molecule has 0 unspecified atom stereocenters. The molecule has 6 aromatic rings. The lowest BCUT2D eigenvalue weighted by molar-refractivity contribution is -0.276. The molecule has 0 amide bonds. The first kappa shape index (κ1) is 78.1. The second kappa shape index (κ2) is 26.5. The summed E-state index contributed by atoms with van der Waals surface area (Å²) in [6.07, 6.45) is 19.3. The number of halogens is 1. The molecule has 23 nitrogen and oxygen atoms in total. The molecule has 582 valence electrons. The van der Waals surface area contributed by atoms with Crippen LogP contribution in [-0.2, 0) is 135 Å². The van der Waals surface area contributed by atoms with Gasteiger partial charge in [0.25, 0.3) is 0 Å². The van der Waals surface area contributed by atoms with E-state index in [0.717, 1.165) is 177 Å². The normalized spacial score (nSPS) is 32.2. The minimum Gasteiger partial charge on any atom is -0.515 e. The van der Waals surface area contributed by atoms with Crippen molar-refractivity contribution < 1.29 is 38.2 Å². The van der Waals surface area contributed by atoms with E-state index < -0.39 is 11.2 Å². The molecule has 6 aromatic heterocycles. The third-order valence-corrected chi connectivity index (χ3v) is 31.8. The van der Waals surface area contributed by atoms with Crippen LogP contribution in [0.3, 0.4) is 0 Å². The molecule has 0 aromatic carbocycles. The van der Waals surface area contributed by atoms with Gasteiger partial charge in [-0.2, -0.15) is 46.5 Å². The molecule has 2 aliphatic heterocycles. The van der Waals surface area contributed by atoms with Crippen LogP contribution < -0.4 is 0 Å². The van der Waals surface area contributed by atoms with Crippen molar-refractivity contribution in [3.8, 4) is 24.3 Å². The van der Waals surface area contributed by atoms with Crippen LogP contribution in [0, 0.1) is 96.6 Å². The van der Waals surface area contributed by atoms with Crippen LogP contribution in [0.25, 0.3) is 0 Å². The quantitative estimate of drug-likeness (QED) is 0.109. The van der Waals surface area contributed by atoms with Crippen molar-refractivity contribution in [1.29, 1.82) is 21.0 Å². The molecule has 2 saturated heterocycles. The number of fused-ring (bicyclic) bond motifs is 16. The molecule has 6 fully saturated rings. The highest BCUT2D eigenvalue weighted by molar-refractivity contribution is 9.10. The van der Waals surface area contributed by atoms with Crippen molar-refractivity contribution in [2.45, 2.75) is 263 Å². The number of ether oxygens (including phenoxy) is 4. The fraction of sp³-hybridized carbons (Fsp3) is 0.694. The number of carbonyl (C=O) groups is 2. The van der Waals surface area contributed by atoms with E-state index in [-0.39, 0.29) is 66.2 Å². The van der Waals surface area contributed by atoms with Crippen molar-refractivity contribution in [3.63, 3.8) is 0 Å². The highest BCUT2D eigenvalue weighted by Gasteiger charge is 2.67. The molecule has 8 heterocycles. The van der Waals surface area contributed by atoms with Crippen molar-refractivity contribution in [2.75, 3.05) is 26.4 Å². The summed E-state index contributed by atoms with van der Waals surface area (Å²) < 4.78 is 40.1. The fourth-order valence-corrected chi connectivity index (χ4v) is 25.7. The molecule has 24 heteroatoms. The van der Waals surface area contributed by atoms with E-state index in [2.05, 4.69) is 146 Å². The molecule has 12 aliphatic rings. The molecule has 109 heavy (non-hydrogen) atoms. The molecule has 2 spiro atoms. The Labute approximate surface area is 650 Å². The van der Waals surface area contributed by atoms with Gasteiger partial charge in [-0.3, -0.25) is 33.0 Å². The van der Waals surface area contributed by atoms with Gasteiger partial charge < -0.3 is 28.6 Å². The number of ketones is 2. The number of nitriles is 4. The van der Waals surface area contributed by atoms with E-state index in [0.29, 0.717) is 78.2 Å². The van der Waals surface area contributed by atoms with Gasteiger partial charge in [-0.05, 0) is 142 Å². The summed E-state index contributed by atoms with van der Waals surface area (Å²) in [5.74, 6) is 2.48. The van der Waals surface area contributed by atoms with Crippen LogP contribution in [-0.4, -0.2) is 109 Å². The van der Waals surface area contributed by atoms with Gasteiger partial charge in [-0.1, -0.05) is 109 Å². The van der Waals surface area contributed by atoms with Gasteiger partial charge in [-0.25, -0.2) is 0 Å². The van der Waals surface area contributed by atoms with Crippen molar-refractivity contribution in [1.82, 2.24) is 54.1 Å². The molecule has 4 saturated carbocycles. The van der Waals surface area contributed by atoms with E-state index in [1.165, 1.54) is 23.2 Å². The molecular formula is C85H112BrN15O8. The molecule has 18 rings (SSSR count). The van der Waals surface area contributed by atoms with Gasteiger partial charge in [-0.15, -0.1) is 0 Å². The highest BCUT2D eigenvalue weighted by atomic mass is 79.9. The second-order valence-electron chi connectivity index (χ2n) is 37.9. The maximum absolute atomic E-state index is 12.6. The molecule has 1 N–H and O–H groups in total. The third-order valence-electron chi connectivity index (χ3n) is 30.8. The van der Waals surface area contributed by atoms with Crippen LogP contribution in [0.5, 0.6) is 0 Å². The average molecular weight is 1550 g/mol. The van der Waals surface area contributed by atoms with Crippen LogP contribution in [0.15, 0.2) is 27.2 Å². The van der Waals surface area contributed by atoms with E-state index in [1.807, 2.05) is 52.9 Å². The number of aromatic nitrogens is 11. The number of rotatable bonds is 0. The van der Waals surface area contributed by atoms with Gasteiger partial charge in [0.05, 0.1) is 67.4 Å². The maximum atomic E-state index is 12.6. The summed E-state index contributed by atoms with van der Waals surface area (Å²) in [5.41, 5.74) is 14.4. The minimum atomic E-state index is -0.538. The Morgan fingerprint density at radius 3 is 1.18 bits per heavy atom.